The summed E-state index contributed by atoms with van der Waals surface area (Å²) in [6.45, 7) is 1.97. The molecule has 0 aromatic carbocycles. The molecule has 0 spiro atoms. The van der Waals surface area contributed by atoms with Gasteiger partial charge in [0, 0.05) is 12.3 Å². The van der Waals surface area contributed by atoms with Crippen LogP contribution in [0, 0.1) is 0 Å². The first-order valence-corrected chi connectivity index (χ1v) is 6.76. The first-order chi connectivity index (χ1) is 5.95. The fourth-order valence-electron chi connectivity index (χ4n) is 0.955. The second-order valence-electron chi connectivity index (χ2n) is 2.99. The van der Waals surface area contributed by atoms with Crippen molar-refractivity contribution in [2.45, 2.75) is 23.6 Å². The van der Waals surface area contributed by atoms with Gasteiger partial charge in [-0.3, -0.25) is 0 Å². The minimum Gasteiger partial charge on any atom is -0.324 e. The van der Waals surface area contributed by atoms with E-state index in [1.807, 2.05) is 12.3 Å². The molecule has 0 bridgehead atoms. The Morgan fingerprint density at radius 2 is 2.23 bits per heavy atom. The van der Waals surface area contributed by atoms with E-state index in [2.05, 4.69) is 0 Å². The summed E-state index contributed by atoms with van der Waals surface area (Å²) in [6.07, 6.45) is 2.03. The molecule has 0 aliphatic carbocycles. The predicted molar refractivity (Wildman–Crippen MR) is 54.6 cm³/mol. The second-order valence-corrected chi connectivity index (χ2v) is 6.14. The van der Waals surface area contributed by atoms with Crippen molar-refractivity contribution in [2.24, 2.45) is 5.73 Å². The van der Waals surface area contributed by atoms with E-state index < -0.39 is 9.84 Å². The molecule has 13 heavy (non-hydrogen) atoms. The molecule has 5 heteroatoms. The average Bonchev–Trinajstić information content (AvgIpc) is 2.50. The van der Waals surface area contributed by atoms with E-state index in [0.29, 0.717) is 4.21 Å². The molecule has 0 saturated carbocycles. The van der Waals surface area contributed by atoms with Crippen molar-refractivity contribution in [2.75, 3.05) is 6.26 Å². The molecule has 0 aliphatic rings. The third kappa shape index (κ3) is 2.52. The van der Waals surface area contributed by atoms with Crippen LogP contribution in [0.5, 0.6) is 0 Å². The van der Waals surface area contributed by atoms with Crippen LogP contribution in [0.4, 0.5) is 0 Å². The lowest BCUT2D eigenvalue weighted by Crippen LogP contribution is -2.07. The van der Waals surface area contributed by atoms with Gasteiger partial charge in [-0.15, -0.1) is 11.3 Å². The summed E-state index contributed by atoms with van der Waals surface area (Å²) in [5.41, 5.74) is 6.67. The molecule has 0 saturated heterocycles. The SMILES string of the molecule is CCC(N)c1csc(S(C)(=O)=O)c1. The van der Waals surface area contributed by atoms with Crippen LogP contribution in [0.3, 0.4) is 0 Å². The van der Waals surface area contributed by atoms with Crippen molar-refractivity contribution in [1.82, 2.24) is 0 Å². The second kappa shape index (κ2) is 3.77. The van der Waals surface area contributed by atoms with E-state index in [4.69, 9.17) is 5.73 Å². The van der Waals surface area contributed by atoms with Gasteiger partial charge < -0.3 is 5.73 Å². The van der Waals surface area contributed by atoms with E-state index in [-0.39, 0.29) is 6.04 Å². The average molecular weight is 219 g/mol. The van der Waals surface area contributed by atoms with Crippen molar-refractivity contribution < 1.29 is 8.42 Å². The highest BCUT2D eigenvalue weighted by molar-refractivity contribution is 7.92. The highest BCUT2D eigenvalue weighted by atomic mass is 32.2. The lowest BCUT2D eigenvalue weighted by Gasteiger charge is -2.03. The Bertz CT molecular complexity index is 381. The van der Waals surface area contributed by atoms with Gasteiger partial charge in [-0.1, -0.05) is 6.92 Å². The van der Waals surface area contributed by atoms with Crippen molar-refractivity contribution in [1.29, 1.82) is 0 Å². The Hall–Kier alpha value is -0.390. The van der Waals surface area contributed by atoms with Crippen LogP contribution in [-0.2, 0) is 9.84 Å². The molecule has 0 radical (unpaired) electrons. The highest BCUT2D eigenvalue weighted by Gasteiger charge is 2.12. The smallest absolute Gasteiger partial charge is 0.184 e. The van der Waals surface area contributed by atoms with Crippen LogP contribution in [0.1, 0.15) is 24.9 Å². The molecule has 3 nitrogen and oxygen atoms in total. The van der Waals surface area contributed by atoms with Gasteiger partial charge in [0.15, 0.2) is 9.84 Å². The molecule has 1 unspecified atom stereocenters. The number of thiophene rings is 1. The maximum atomic E-state index is 11.1. The van der Waals surface area contributed by atoms with Gasteiger partial charge in [-0.05, 0) is 23.4 Å². The zero-order chi connectivity index (χ0) is 10.1. The fraction of sp³-hybridized carbons (Fsp3) is 0.500. The van der Waals surface area contributed by atoms with E-state index in [0.717, 1.165) is 12.0 Å². The summed E-state index contributed by atoms with van der Waals surface area (Å²) in [4.78, 5) is 0. The van der Waals surface area contributed by atoms with E-state index in [9.17, 15) is 8.42 Å². The number of sulfone groups is 1. The van der Waals surface area contributed by atoms with Gasteiger partial charge in [-0.25, -0.2) is 8.42 Å². The molecule has 1 aromatic heterocycles. The summed E-state index contributed by atoms with van der Waals surface area (Å²) in [6, 6.07) is 1.61. The number of hydrogen-bond donors (Lipinski definition) is 1. The Labute approximate surface area is 82.5 Å². The van der Waals surface area contributed by atoms with Gasteiger partial charge in [-0.2, -0.15) is 0 Å². The topological polar surface area (TPSA) is 60.2 Å². The lowest BCUT2D eigenvalue weighted by molar-refractivity contribution is 0.603. The third-order valence-corrected chi connectivity index (χ3v) is 4.61. The minimum absolute atomic E-state index is 0.0493. The maximum absolute atomic E-state index is 11.1. The summed E-state index contributed by atoms with van der Waals surface area (Å²) >= 11 is 1.23. The fourth-order valence-corrected chi connectivity index (χ4v) is 2.85. The van der Waals surface area contributed by atoms with Crippen LogP contribution in [-0.4, -0.2) is 14.7 Å². The molecule has 0 amide bonds. The zero-order valence-corrected chi connectivity index (χ0v) is 9.28. The first kappa shape index (κ1) is 10.7. The van der Waals surface area contributed by atoms with Crippen LogP contribution in [0.15, 0.2) is 15.7 Å². The molecular formula is C8H13NO2S2. The summed E-state index contributed by atoms with van der Waals surface area (Å²) < 4.78 is 22.6. The van der Waals surface area contributed by atoms with Crippen molar-refractivity contribution in [3.8, 4) is 0 Å². The van der Waals surface area contributed by atoms with Crippen molar-refractivity contribution in [3.05, 3.63) is 17.0 Å². The molecule has 1 heterocycles. The molecule has 0 aliphatic heterocycles. The van der Waals surface area contributed by atoms with Gasteiger partial charge in [0.1, 0.15) is 4.21 Å². The third-order valence-electron chi connectivity index (χ3n) is 1.83. The Morgan fingerprint density at radius 3 is 2.62 bits per heavy atom. The lowest BCUT2D eigenvalue weighted by atomic mass is 10.1. The molecule has 2 N–H and O–H groups in total. The normalized spacial score (nSPS) is 14.4. The Morgan fingerprint density at radius 1 is 1.62 bits per heavy atom. The van der Waals surface area contributed by atoms with Crippen LogP contribution in [0.2, 0.25) is 0 Å². The predicted octanol–water partition coefficient (Wildman–Crippen LogP) is 1.56. The molecule has 1 atom stereocenters. The Kier molecular flexibility index (Phi) is 3.10. The van der Waals surface area contributed by atoms with E-state index in [1.54, 1.807) is 6.07 Å². The van der Waals surface area contributed by atoms with E-state index in [1.165, 1.54) is 17.6 Å². The summed E-state index contributed by atoms with van der Waals surface area (Å²) in [7, 11) is -3.06. The monoisotopic (exact) mass is 219 g/mol. The molecule has 0 fully saturated rings. The summed E-state index contributed by atoms with van der Waals surface area (Å²) in [5, 5.41) is 1.81. The van der Waals surface area contributed by atoms with Gasteiger partial charge in [0.2, 0.25) is 0 Å². The zero-order valence-electron chi connectivity index (χ0n) is 7.65. The minimum atomic E-state index is -3.06. The quantitative estimate of drug-likeness (QED) is 0.839. The first-order valence-electron chi connectivity index (χ1n) is 3.99. The van der Waals surface area contributed by atoms with E-state index >= 15 is 0 Å². The van der Waals surface area contributed by atoms with Gasteiger partial charge >= 0.3 is 0 Å². The van der Waals surface area contributed by atoms with Crippen LogP contribution >= 0.6 is 11.3 Å². The van der Waals surface area contributed by atoms with Gasteiger partial charge in [0.05, 0.1) is 0 Å². The standard InChI is InChI=1S/C8H13NO2S2/c1-3-7(9)6-4-8(12-5-6)13(2,10)11/h4-5,7H,3,9H2,1-2H3. The number of rotatable bonds is 3. The van der Waals surface area contributed by atoms with Crippen molar-refractivity contribution in [3.63, 3.8) is 0 Å². The molecule has 74 valence electrons. The molecule has 1 rings (SSSR count). The number of hydrogen-bond acceptors (Lipinski definition) is 4. The van der Waals surface area contributed by atoms with Gasteiger partial charge in [0.25, 0.3) is 0 Å². The Balaban J connectivity index is 3.00. The molecule has 1 aromatic rings. The van der Waals surface area contributed by atoms with Crippen LogP contribution in [0.25, 0.3) is 0 Å². The number of nitrogens with two attached hydrogens (primary N) is 1. The highest BCUT2D eigenvalue weighted by Crippen LogP contribution is 2.24. The van der Waals surface area contributed by atoms with Crippen LogP contribution < -0.4 is 5.73 Å². The maximum Gasteiger partial charge on any atom is 0.184 e. The molecular weight excluding hydrogens is 206 g/mol. The summed E-state index contributed by atoms with van der Waals surface area (Å²) in [5.74, 6) is 0. The van der Waals surface area contributed by atoms with Crippen molar-refractivity contribution >= 4 is 21.2 Å². The largest absolute Gasteiger partial charge is 0.324 e.